The maximum absolute atomic E-state index is 13.0. The molecule has 0 rings (SSSR count). The molecule has 0 saturated heterocycles. The van der Waals surface area contributed by atoms with Crippen LogP contribution in [0.3, 0.4) is 0 Å². The van der Waals surface area contributed by atoms with E-state index in [1.807, 2.05) is 0 Å². The second-order valence-corrected chi connectivity index (χ2v) is 29.1. The zero-order valence-electron chi connectivity index (χ0n) is 56.6. The molecule has 0 bridgehead atoms. The number of carbonyl (C=O) groups excluding carboxylic acids is 4. The van der Waals surface area contributed by atoms with Gasteiger partial charge in [0.05, 0.1) is 26.4 Å². The summed E-state index contributed by atoms with van der Waals surface area (Å²) in [5.74, 6) is 0.800. The van der Waals surface area contributed by atoms with Crippen molar-refractivity contribution in [1.29, 1.82) is 0 Å². The lowest BCUT2D eigenvalue weighted by molar-refractivity contribution is -0.161. The molecular weight excluding hydrogens is 1150 g/mol. The summed E-state index contributed by atoms with van der Waals surface area (Å²) >= 11 is 0. The number of ether oxygens (including phenoxy) is 4. The summed E-state index contributed by atoms with van der Waals surface area (Å²) in [5.41, 5.74) is 0. The number of aliphatic hydroxyl groups is 1. The lowest BCUT2D eigenvalue weighted by atomic mass is 10.00. The zero-order chi connectivity index (χ0) is 64.7. The van der Waals surface area contributed by atoms with E-state index in [-0.39, 0.29) is 25.7 Å². The standard InChI is InChI=1S/C68H132O17P2/c1-9-61(8)47-39-31-25-27-35-43-51-68(73)85-64(54-78-65(70)48-40-32-22-18-14-10-12-16-20-28-36-44-58(2)3)57-83-87(76,77)81-53-62(69)52-80-86(74,75)82-56-63(55-79-66(71)49-41-33-26-24-30-38-46-60(6)7)84-67(72)50-42-34-23-19-15-11-13-17-21-29-37-45-59(4)5/h58-64,69H,9-57H2,1-8H3,(H,74,75)(H,76,77)/t61?,62-,63+,64+/m0/s1. The van der Waals surface area contributed by atoms with Crippen molar-refractivity contribution in [3.8, 4) is 0 Å². The second-order valence-electron chi connectivity index (χ2n) is 26.2. The highest BCUT2D eigenvalue weighted by atomic mass is 31.2. The SMILES string of the molecule is CCC(C)CCCCCCCCC(=O)O[C@H](COC(=O)CCCCCCCCCCCCCC(C)C)COP(=O)(O)OC[C@@H](O)COP(=O)(O)OC[C@@H](COC(=O)CCCCCCCCC(C)C)OC(=O)CCCCCCCCCCCCCC(C)C. The van der Waals surface area contributed by atoms with Crippen LogP contribution in [-0.2, 0) is 65.4 Å². The molecule has 87 heavy (non-hydrogen) atoms. The Balaban J connectivity index is 5.23. The second kappa shape index (κ2) is 57.9. The average molecular weight is 1280 g/mol. The quantitative estimate of drug-likeness (QED) is 0.0222. The highest BCUT2D eigenvalue weighted by molar-refractivity contribution is 7.47. The number of unbranched alkanes of at least 4 members (excludes halogenated alkanes) is 30. The monoisotopic (exact) mass is 1280 g/mol. The summed E-state index contributed by atoms with van der Waals surface area (Å²) in [6, 6.07) is 0. The van der Waals surface area contributed by atoms with Crippen molar-refractivity contribution < 1.29 is 80.2 Å². The maximum Gasteiger partial charge on any atom is 0.472 e. The lowest BCUT2D eigenvalue weighted by Gasteiger charge is -2.21. The Labute approximate surface area is 530 Å². The molecule has 0 saturated carbocycles. The minimum atomic E-state index is -4.95. The van der Waals surface area contributed by atoms with Crippen LogP contribution in [0.25, 0.3) is 0 Å². The first-order valence-electron chi connectivity index (χ1n) is 35.2. The van der Waals surface area contributed by atoms with E-state index >= 15 is 0 Å². The maximum atomic E-state index is 13.0. The molecule has 0 aliphatic heterocycles. The number of hydrogen-bond acceptors (Lipinski definition) is 15. The van der Waals surface area contributed by atoms with Crippen molar-refractivity contribution >= 4 is 39.5 Å². The molecule has 0 aliphatic rings. The number of carbonyl (C=O) groups is 4. The van der Waals surface area contributed by atoms with Crippen molar-refractivity contribution in [2.24, 2.45) is 23.7 Å². The van der Waals surface area contributed by atoms with Gasteiger partial charge in [-0.1, -0.05) is 280 Å². The Morgan fingerprint density at radius 3 is 0.816 bits per heavy atom. The Morgan fingerprint density at radius 2 is 0.552 bits per heavy atom. The van der Waals surface area contributed by atoms with E-state index in [1.54, 1.807) is 0 Å². The molecule has 17 nitrogen and oxygen atoms in total. The molecule has 0 aromatic carbocycles. The highest BCUT2D eigenvalue weighted by Gasteiger charge is 2.30. The van der Waals surface area contributed by atoms with Crippen LogP contribution in [0.2, 0.25) is 0 Å². The van der Waals surface area contributed by atoms with Gasteiger partial charge in [-0.15, -0.1) is 0 Å². The summed E-state index contributed by atoms with van der Waals surface area (Å²) in [4.78, 5) is 72.4. The van der Waals surface area contributed by atoms with Crippen LogP contribution in [0.1, 0.15) is 331 Å². The number of hydrogen-bond donors (Lipinski definition) is 3. The molecule has 19 heteroatoms. The fourth-order valence-corrected chi connectivity index (χ4v) is 11.7. The lowest BCUT2D eigenvalue weighted by Crippen LogP contribution is -2.30. The Hall–Kier alpha value is -1.94. The molecular formula is C68H132O17P2. The predicted octanol–water partition coefficient (Wildman–Crippen LogP) is 18.9. The number of phosphoric ester groups is 2. The molecule has 3 unspecified atom stereocenters. The number of rotatable bonds is 65. The average Bonchev–Trinajstić information content (AvgIpc) is 3.64. The molecule has 3 N–H and O–H groups in total. The smallest absolute Gasteiger partial charge is 0.462 e. The Bertz CT molecular complexity index is 1730. The van der Waals surface area contributed by atoms with Gasteiger partial charge in [-0.3, -0.25) is 37.3 Å². The van der Waals surface area contributed by atoms with Crippen LogP contribution in [0.4, 0.5) is 0 Å². The topological polar surface area (TPSA) is 237 Å². The zero-order valence-corrected chi connectivity index (χ0v) is 58.4. The third-order valence-corrected chi connectivity index (χ3v) is 17.8. The van der Waals surface area contributed by atoms with E-state index < -0.39 is 97.5 Å². The van der Waals surface area contributed by atoms with Gasteiger partial charge in [-0.2, -0.15) is 0 Å². The van der Waals surface area contributed by atoms with Gasteiger partial charge in [0.2, 0.25) is 0 Å². The van der Waals surface area contributed by atoms with Gasteiger partial charge in [0.15, 0.2) is 12.2 Å². The molecule has 6 atom stereocenters. The highest BCUT2D eigenvalue weighted by Crippen LogP contribution is 2.45. The van der Waals surface area contributed by atoms with Crippen molar-refractivity contribution in [2.45, 2.75) is 350 Å². The van der Waals surface area contributed by atoms with Crippen molar-refractivity contribution in [1.82, 2.24) is 0 Å². The van der Waals surface area contributed by atoms with Gasteiger partial charge in [-0.05, 0) is 49.4 Å². The van der Waals surface area contributed by atoms with Crippen LogP contribution < -0.4 is 0 Å². The summed E-state index contributed by atoms with van der Waals surface area (Å²) in [6.45, 7) is 14.0. The summed E-state index contributed by atoms with van der Waals surface area (Å²) < 4.78 is 68.1. The van der Waals surface area contributed by atoms with Crippen LogP contribution in [0, 0.1) is 23.7 Å². The third kappa shape index (κ3) is 61.3. The molecule has 0 heterocycles. The largest absolute Gasteiger partial charge is 0.472 e. The van der Waals surface area contributed by atoms with E-state index in [1.165, 1.54) is 128 Å². The molecule has 516 valence electrons. The predicted molar refractivity (Wildman–Crippen MR) is 349 cm³/mol. The minimum absolute atomic E-state index is 0.102. The third-order valence-electron chi connectivity index (χ3n) is 15.9. The van der Waals surface area contributed by atoms with Crippen LogP contribution in [0.15, 0.2) is 0 Å². The van der Waals surface area contributed by atoms with Gasteiger partial charge >= 0.3 is 39.5 Å². The van der Waals surface area contributed by atoms with Crippen LogP contribution >= 0.6 is 15.6 Å². The number of aliphatic hydroxyl groups excluding tert-OH is 1. The van der Waals surface area contributed by atoms with Gasteiger partial charge in [0.25, 0.3) is 0 Å². The van der Waals surface area contributed by atoms with E-state index in [9.17, 15) is 43.2 Å². The van der Waals surface area contributed by atoms with Gasteiger partial charge in [-0.25, -0.2) is 9.13 Å². The molecule has 0 aromatic rings. The van der Waals surface area contributed by atoms with Crippen LogP contribution in [-0.4, -0.2) is 96.7 Å². The van der Waals surface area contributed by atoms with Gasteiger partial charge in [0, 0.05) is 25.7 Å². The Morgan fingerprint density at radius 1 is 0.322 bits per heavy atom. The molecule has 0 fully saturated rings. The van der Waals surface area contributed by atoms with E-state index in [0.717, 1.165) is 114 Å². The Kier molecular flexibility index (Phi) is 56.6. The summed E-state index contributed by atoms with van der Waals surface area (Å²) in [6.07, 6.45) is 39.1. The summed E-state index contributed by atoms with van der Waals surface area (Å²) in [5, 5.41) is 10.6. The normalized spacial score (nSPS) is 14.6. The number of esters is 4. The van der Waals surface area contributed by atoms with Crippen LogP contribution in [0.5, 0.6) is 0 Å². The van der Waals surface area contributed by atoms with Gasteiger partial charge < -0.3 is 33.8 Å². The molecule has 0 amide bonds. The summed E-state index contributed by atoms with van der Waals surface area (Å²) in [7, 11) is -9.90. The molecule has 0 spiro atoms. The fraction of sp³-hybridized carbons (Fsp3) is 0.941. The first-order chi connectivity index (χ1) is 41.6. The molecule has 0 aromatic heterocycles. The van der Waals surface area contributed by atoms with Crippen molar-refractivity contribution in [3.63, 3.8) is 0 Å². The first-order valence-corrected chi connectivity index (χ1v) is 38.2. The molecule has 0 aliphatic carbocycles. The van der Waals surface area contributed by atoms with E-state index in [0.29, 0.717) is 31.6 Å². The van der Waals surface area contributed by atoms with Crippen molar-refractivity contribution in [2.75, 3.05) is 39.6 Å². The van der Waals surface area contributed by atoms with E-state index in [2.05, 4.69) is 55.4 Å². The van der Waals surface area contributed by atoms with Crippen molar-refractivity contribution in [3.05, 3.63) is 0 Å². The minimum Gasteiger partial charge on any atom is -0.462 e. The number of phosphoric acid groups is 2. The first kappa shape index (κ1) is 85.1. The fourth-order valence-electron chi connectivity index (χ4n) is 10.1. The van der Waals surface area contributed by atoms with Gasteiger partial charge in [0.1, 0.15) is 19.3 Å². The van der Waals surface area contributed by atoms with E-state index in [4.69, 9.17) is 37.0 Å². The molecule has 0 radical (unpaired) electrons.